The molecule has 2 saturated heterocycles. The summed E-state index contributed by atoms with van der Waals surface area (Å²) in [5.74, 6) is -0.532. The second kappa shape index (κ2) is 9.19. The molecule has 0 aliphatic carbocycles. The monoisotopic (exact) mass is 516 g/mol. The van der Waals surface area contributed by atoms with Crippen LogP contribution in [0.15, 0.2) is 29.2 Å². The molecular formula is C25H32N4O6S. The number of hydrogen-bond donors (Lipinski definition) is 0. The lowest BCUT2D eigenvalue weighted by molar-refractivity contribution is 0.0185. The summed E-state index contributed by atoms with van der Waals surface area (Å²) < 4.78 is 39.1. The van der Waals surface area contributed by atoms with Crippen molar-refractivity contribution in [2.24, 2.45) is 0 Å². The zero-order valence-corrected chi connectivity index (χ0v) is 21.7. The fourth-order valence-corrected chi connectivity index (χ4v) is 6.66. The van der Waals surface area contributed by atoms with E-state index in [4.69, 9.17) is 14.6 Å². The first-order valence-electron chi connectivity index (χ1n) is 12.3. The number of carbonyl (C=O) groups is 2. The van der Waals surface area contributed by atoms with Crippen LogP contribution in [0.1, 0.15) is 55.7 Å². The van der Waals surface area contributed by atoms with E-state index in [1.165, 1.54) is 0 Å². The minimum Gasteiger partial charge on any atom is -0.444 e. The van der Waals surface area contributed by atoms with Gasteiger partial charge in [-0.2, -0.15) is 5.10 Å². The van der Waals surface area contributed by atoms with E-state index >= 15 is 0 Å². The zero-order chi connectivity index (χ0) is 25.7. The molecule has 0 atom stereocenters. The van der Waals surface area contributed by atoms with Crippen LogP contribution in [-0.4, -0.2) is 85.0 Å². The van der Waals surface area contributed by atoms with E-state index in [-0.39, 0.29) is 34.4 Å². The second-order valence-electron chi connectivity index (χ2n) is 10.5. The maximum Gasteiger partial charge on any atom is 0.410 e. The van der Waals surface area contributed by atoms with Crippen molar-refractivity contribution in [3.8, 4) is 11.3 Å². The number of fused-ring (bicyclic) bond motifs is 3. The highest BCUT2D eigenvalue weighted by molar-refractivity contribution is 7.90. The molecule has 0 N–H and O–H groups in total. The zero-order valence-electron chi connectivity index (χ0n) is 20.9. The van der Waals surface area contributed by atoms with Gasteiger partial charge in [0.1, 0.15) is 5.60 Å². The molecule has 3 aliphatic rings. The summed E-state index contributed by atoms with van der Waals surface area (Å²) in [4.78, 5) is 29.7. The normalized spacial score (nSPS) is 20.0. The first-order valence-corrected chi connectivity index (χ1v) is 14.0. The third-order valence-corrected chi connectivity index (χ3v) is 8.48. The number of amides is 2. The highest BCUT2D eigenvalue weighted by Crippen LogP contribution is 2.42. The topological polar surface area (TPSA) is 111 Å². The number of sulfone groups is 1. The number of hydrogen-bond acceptors (Lipinski definition) is 7. The lowest BCUT2D eigenvalue weighted by atomic mass is 10.0. The standard InChI is InChI=1S/C25H32N4O6S/c1-25(2,3)35-24(31)28-10-8-17(9-11-28)29-22-18-6-4-5-7-20(18)36(32,33)16-19(22)21(26-29)23(30)27-12-14-34-15-13-27/h4-7,17H,8-16H2,1-3H3. The summed E-state index contributed by atoms with van der Waals surface area (Å²) in [5.41, 5.74) is 1.34. The van der Waals surface area contributed by atoms with Crippen LogP contribution in [0, 0.1) is 0 Å². The van der Waals surface area contributed by atoms with Crippen molar-refractivity contribution in [2.45, 2.75) is 55.9 Å². The number of likely N-dealkylation sites (tertiary alicyclic amines) is 1. The van der Waals surface area contributed by atoms with Gasteiger partial charge in [-0.15, -0.1) is 0 Å². The molecule has 2 aromatic rings. The van der Waals surface area contributed by atoms with Crippen LogP contribution in [-0.2, 0) is 25.1 Å². The van der Waals surface area contributed by atoms with Gasteiger partial charge in [0.15, 0.2) is 15.5 Å². The van der Waals surface area contributed by atoms with E-state index in [9.17, 15) is 18.0 Å². The van der Waals surface area contributed by atoms with E-state index < -0.39 is 15.4 Å². The molecule has 194 valence electrons. The summed E-state index contributed by atoms with van der Waals surface area (Å²) in [7, 11) is -3.62. The maximum absolute atomic E-state index is 13.5. The molecule has 1 aromatic carbocycles. The van der Waals surface area contributed by atoms with Crippen molar-refractivity contribution >= 4 is 21.8 Å². The summed E-state index contributed by atoms with van der Waals surface area (Å²) in [6, 6.07) is 6.82. The van der Waals surface area contributed by atoms with Crippen LogP contribution in [0.25, 0.3) is 11.3 Å². The molecule has 3 aliphatic heterocycles. The van der Waals surface area contributed by atoms with Gasteiger partial charge in [-0.3, -0.25) is 9.48 Å². The van der Waals surface area contributed by atoms with E-state index in [2.05, 4.69) is 0 Å². The molecule has 4 heterocycles. The van der Waals surface area contributed by atoms with Crippen molar-refractivity contribution in [3.05, 3.63) is 35.5 Å². The van der Waals surface area contributed by atoms with E-state index in [0.717, 1.165) is 0 Å². The van der Waals surface area contributed by atoms with Crippen LogP contribution in [0.2, 0.25) is 0 Å². The van der Waals surface area contributed by atoms with Crippen molar-refractivity contribution < 1.29 is 27.5 Å². The van der Waals surface area contributed by atoms with Crippen LogP contribution >= 0.6 is 0 Å². The van der Waals surface area contributed by atoms with Crippen LogP contribution in [0.4, 0.5) is 4.79 Å². The predicted molar refractivity (Wildman–Crippen MR) is 131 cm³/mol. The third kappa shape index (κ3) is 4.61. The van der Waals surface area contributed by atoms with Crippen molar-refractivity contribution in [2.75, 3.05) is 39.4 Å². The smallest absolute Gasteiger partial charge is 0.410 e. The number of morpholine rings is 1. The highest BCUT2D eigenvalue weighted by atomic mass is 32.2. The number of carbonyl (C=O) groups excluding carboxylic acids is 2. The van der Waals surface area contributed by atoms with Crippen molar-refractivity contribution in [1.82, 2.24) is 19.6 Å². The Morgan fingerprint density at radius 2 is 1.69 bits per heavy atom. The van der Waals surface area contributed by atoms with Gasteiger partial charge in [0.05, 0.1) is 35.6 Å². The van der Waals surface area contributed by atoms with Crippen LogP contribution in [0.3, 0.4) is 0 Å². The molecule has 2 amide bonds. The quantitative estimate of drug-likeness (QED) is 0.603. The Morgan fingerprint density at radius 1 is 1.03 bits per heavy atom. The van der Waals surface area contributed by atoms with Crippen molar-refractivity contribution in [3.63, 3.8) is 0 Å². The van der Waals surface area contributed by atoms with Crippen LogP contribution < -0.4 is 0 Å². The molecule has 10 nitrogen and oxygen atoms in total. The number of nitrogens with zero attached hydrogens (tertiary/aromatic N) is 4. The molecule has 0 unspecified atom stereocenters. The lowest BCUT2D eigenvalue weighted by Crippen LogP contribution is -2.42. The van der Waals surface area contributed by atoms with Gasteiger partial charge in [-0.25, -0.2) is 13.2 Å². The average Bonchev–Trinajstić information content (AvgIpc) is 3.22. The third-order valence-electron chi connectivity index (χ3n) is 6.78. The first-order chi connectivity index (χ1) is 17.0. The highest BCUT2D eigenvalue weighted by Gasteiger charge is 2.39. The molecular weight excluding hydrogens is 484 g/mol. The fraction of sp³-hybridized carbons (Fsp3) is 0.560. The van der Waals surface area contributed by atoms with Gasteiger partial charge in [-0.1, -0.05) is 18.2 Å². The Hall–Kier alpha value is -2.92. The minimum absolute atomic E-state index is 0.0856. The van der Waals surface area contributed by atoms with Gasteiger partial charge in [0.2, 0.25) is 0 Å². The fourth-order valence-electron chi connectivity index (χ4n) is 5.06. The van der Waals surface area contributed by atoms with E-state index in [1.54, 1.807) is 34.1 Å². The first kappa shape index (κ1) is 24.8. The van der Waals surface area contributed by atoms with Crippen molar-refractivity contribution in [1.29, 1.82) is 0 Å². The number of rotatable bonds is 2. The molecule has 1 aromatic heterocycles. The van der Waals surface area contributed by atoms with Crippen LogP contribution in [0.5, 0.6) is 0 Å². The Morgan fingerprint density at radius 3 is 2.36 bits per heavy atom. The molecule has 0 radical (unpaired) electrons. The van der Waals surface area contributed by atoms with Gasteiger partial charge in [0.25, 0.3) is 5.91 Å². The van der Waals surface area contributed by atoms with Gasteiger partial charge < -0.3 is 19.3 Å². The molecule has 0 bridgehead atoms. The largest absolute Gasteiger partial charge is 0.444 e. The predicted octanol–water partition coefficient (Wildman–Crippen LogP) is 2.88. The molecule has 0 spiro atoms. The molecule has 0 saturated carbocycles. The molecule has 2 fully saturated rings. The van der Waals surface area contributed by atoms with Gasteiger partial charge in [-0.05, 0) is 39.7 Å². The molecule has 11 heteroatoms. The van der Waals surface area contributed by atoms with Gasteiger partial charge in [0, 0.05) is 37.3 Å². The number of piperidine rings is 1. The Kier molecular flexibility index (Phi) is 6.32. The van der Waals surface area contributed by atoms with Gasteiger partial charge >= 0.3 is 6.09 Å². The Balaban J connectivity index is 1.51. The summed E-state index contributed by atoms with van der Waals surface area (Å²) in [6.07, 6.45) is 0.893. The maximum atomic E-state index is 13.5. The summed E-state index contributed by atoms with van der Waals surface area (Å²) in [6.45, 7) is 8.26. The Labute approximate surface area is 211 Å². The molecule has 5 rings (SSSR count). The van der Waals surface area contributed by atoms with E-state index in [1.807, 2.05) is 25.5 Å². The minimum atomic E-state index is -3.62. The Bertz CT molecular complexity index is 1280. The summed E-state index contributed by atoms with van der Waals surface area (Å²) in [5, 5.41) is 4.77. The number of ether oxygens (including phenoxy) is 2. The number of benzene rings is 1. The lowest BCUT2D eigenvalue weighted by Gasteiger charge is -2.34. The second-order valence-corrected chi connectivity index (χ2v) is 12.4. The summed E-state index contributed by atoms with van der Waals surface area (Å²) >= 11 is 0. The molecule has 36 heavy (non-hydrogen) atoms. The van der Waals surface area contributed by atoms with E-state index in [0.29, 0.717) is 69.1 Å². The SMILES string of the molecule is CC(C)(C)OC(=O)N1CCC(n2nc(C(=O)N3CCOCC3)c3c2-c2ccccc2S(=O)(=O)C3)CC1. The average molecular weight is 517 g/mol. The number of aromatic nitrogens is 2.